The van der Waals surface area contributed by atoms with E-state index in [2.05, 4.69) is 20.8 Å². The Balaban J connectivity index is 2.03. The number of rotatable bonds is 10. The maximum absolute atomic E-state index is 12.9. The standard InChI is InChI=1S/C18H30N4O3S/c1-4-12(2)14(20-16(24)13-8-6-5-7-9-13)15(23)17-21-22-18(25-17)26-11-10-19-3/h12-14,19H,4-11H2,1-3H3,(H,20,24)/t12-,14-/m0/s1. The summed E-state index contributed by atoms with van der Waals surface area (Å²) < 4.78 is 5.51. The number of hydrogen-bond acceptors (Lipinski definition) is 7. The fraction of sp³-hybridized carbons (Fsp3) is 0.778. The SMILES string of the molecule is CC[C@H](C)[C@H](NC(=O)C1CCCCC1)C(=O)c1nnc(SCCNC)o1. The first kappa shape index (κ1) is 20.9. The molecule has 0 unspecified atom stereocenters. The second kappa shape index (κ2) is 10.7. The molecule has 2 atom stereocenters. The normalized spacial score (nSPS) is 17.7. The molecule has 0 aromatic carbocycles. The van der Waals surface area contributed by atoms with Gasteiger partial charge >= 0.3 is 0 Å². The number of ketones is 1. The molecule has 0 spiro atoms. The average molecular weight is 383 g/mol. The lowest BCUT2D eigenvalue weighted by molar-refractivity contribution is -0.126. The Kier molecular flexibility index (Phi) is 8.58. The maximum Gasteiger partial charge on any atom is 0.286 e. The molecule has 7 nitrogen and oxygen atoms in total. The molecule has 146 valence electrons. The van der Waals surface area contributed by atoms with Crippen LogP contribution in [0.15, 0.2) is 9.64 Å². The first-order chi connectivity index (χ1) is 12.6. The van der Waals surface area contributed by atoms with Gasteiger partial charge in [0, 0.05) is 18.2 Å². The summed E-state index contributed by atoms with van der Waals surface area (Å²) in [6, 6.07) is -0.620. The number of Topliss-reactive ketones (excluding diaryl/α,β-unsaturated/α-hetero) is 1. The summed E-state index contributed by atoms with van der Waals surface area (Å²) in [7, 11) is 1.87. The zero-order valence-corrected chi connectivity index (χ0v) is 16.7. The van der Waals surface area contributed by atoms with Crippen molar-refractivity contribution in [2.45, 2.75) is 63.6 Å². The fourth-order valence-electron chi connectivity index (χ4n) is 3.08. The minimum absolute atomic E-state index is 0.00216. The van der Waals surface area contributed by atoms with E-state index in [1.807, 2.05) is 20.9 Å². The van der Waals surface area contributed by atoms with Crippen molar-refractivity contribution >= 4 is 23.5 Å². The number of nitrogens with zero attached hydrogens (tertiary/aromatic N) is 2. The summed E-state index contributed by atoms with van der Waals surface area (Å²) in [5, 5.41) is 14.2. The topological polar surface area (TPSA) is 97.1 Å². The van der Waals surface area contributed by atoms with Gasteiger partial charge in [-0.15, -0.1) is 10.2 Å². The van der Waals surface area contributed by atoms with E-state index in [1.165, 1.54) is 18.2 Å². The lowest BCUT2D eigenvalue weighted by Gasteiger charge is -2.26. The highest BCUT2D eigenvalue weighted by Crippen LogP contribution is 2.25. The lowest BCUT2D eigenvalue weighted by Crippen LogP contribution is -2.47. The van der Waals surface area contributed by atoms with Gasteiger partial charge in [0.05, 0.1) is 6.04 Å². The highest BCUT2D eigenvalue weighted by Gasteiger charge is 2.33. The van der Waals surface area contributed by atoms with E-state index in [4.69, 9.17) is 4.42 Å². The smallest absolute Gasteiger partial charge is 0.286 e. The number of carbonyl (C=O) groups is 2. The first-order valence-electron chi connectivity index (χ1n) is 9.52. The highest BCUT2D eigenvalue weighted by molar-refractivity contribution is 7.99. The van der Waals surface area contributed by atoms with E-state index in [-0.39, 0.29) is 29.4 Å². The zero-order valence-electron chi connectivity index (χ0n) is 15.9. The van der Waals surface area contributed by atoms with Crippen LogP contribution >= 0.6 is 11.8 Å². The van der Waals surface area contributed by atoms with Crippen molar-refractivity contribution in [3.8, 4) is 0 Å². The van der Waals surface area contributed by atoms with Crippen molar-refractivity contribution in [2.75, 3.05) is 19.3 Å². The molecular weight excluding hydrogens is 352 g/mol. The van der Waals surface area contributed by atoms with E-state index in [1.54, 1.807) is 0 Å². The Bertz CT molecular complexity index is 587. The summed E-state index contributed by atoms with van der Waals surface area (Å²) in [6.07, 6.45) is 5.93. The zero-order chi connectivity index (χ0) is 18.9. The fourth-order valence-corrected chi connectivity index (χ4v) is 3.80. The molecule has 26 heavy (non-hydrogen) atoms. The molecule has 0 saturated heterocycles. The predicted octanol–water partition coefficient (Wildman–Crippen LogP) is 2.68. The van der Waals surface area contributed by atoms with Crippen LogP contribution in [-0.2, 0) is 4.79 Å². The number of thioether (sulfide) groups is 1. The summed E-state index contributed by atoms with van der Waals surface area (Å²) in [6.45, 7) is 4.77. The third-order valence-corrected chi connectivity index (χ3v) is 5.78. The quantitative estimate of drug-likeness (QED) is 0.365. The third-order valence-electron chi connectivity index (χ3n) is 4.96. The van der Waals surface area contributed by atoms with Gasteiger partial charge in [-0.1, -0.05) is 51.3 Å². The average Bonchev–Trinajstić information content (AvgIpc) is 3.14. The van der Waals surface area contributed by atoms with Gasteiger partial charge in [-0.2, -0.15) is 0 Å². The number of aromatic nitrogens is 2. The van der Waals surface area contributed by atoms with Crippen LogP contribution in [0.3, 0.4) is 0 Å². The van der Waals surface area contributed by atoms with Gasteiger partial charge in [0.15, 0.2) is 0 Å². The lowest BCUT2D eigenvalue weighted by atomic mass is 9.87. The minimum Gasteiger partial charge on any atom is -0.408 e. The second-order valence-electron chi connectivity index (χ2n) is 6.90. The molecule has 1 amide bonds. The summed E-state index contributed by atoms with van der Waals surface area (Å²) >= 11 is 1.40. The van der Waals surface area contributed by atoms with Crippen molar-refractivity contribution < 1.29 is 14.0 Å². The summed E-state index contributed by atoms with van der Waals surface area (Å²) in [5.41, 5.74) is 0. The molecule has 1 aliphatic rings. The maximum atomic E-state index is 12.9. The molecule has 8 heteroatoms. The highest BCUT2D eigenvalue weighted by atomic mass is 32.2. The molecule has 1 aromatic heterocycles. The van der Waals surface area contributed by atoms with E-state index >= 15 is 0 Å². The van der Waals surface area contributed by atoms with Crippen molar-refractivity contribution in [3.05, 3.63) is 5.89 Å². The molecule has 2 N–H and O–H groups in total. The van der Waals surface area contributed by atoms with E-state index in [0.29, 0.717) is 5.22 Å². The Labute approximate surface area is 159 Å². The molecule has 2 rings (SSSR count). The van der Waals surface area contributed by atoms with Crippen molar-refractivity contribution in [2.24, 2.45) is 11.8 Å². The Morgan fingerprint density at radius 3 is 2.65 bits per heavy atom. The van der Waals surface area contributed by atoms with Crippen LogP contribution in [0.25, 0.3) is 0 Å². The number of amides is 1. The van der Waals surface area contributed by atoms with Crippen LogP contribution in [0, 0.1) is 11.8 Å². The van der Waals surface area contributed by atoms with Crippen LogP contribution in [0.4, 0.5) is 0 Å². The summed E-state index contributed by atoms with van der Waals surface area (Å²) in [5.74, 6) is 0.453. The Morgan fingerprint density at radius 1 is 1.27 bits per heavy atom. The van der Waals surface area contributed by atoms with Gasteiger partial charge in [-0.3, -0.25) is 9.59 Å². The van der Waals surface area contributed by atoms with Gasteiger partial charge in [-0.25, -0.2) is 0 Å². The molecule has 0 aliphatic heterocycles. The molecular formula is C18H30N4O3S. The van der Waals surface area contributed by atoms with Crippen LogP contribution in [-0.4, -0.2) is 47.3 Å². The number of nitrogens with one attached hydrogen (secondary N) is 2. The van der Waals surface area contributed by atoms with E-state index < -0.39 is 6.04 Å². The number of hydrogen-bond donors (Lipinski definition) is 2. The Morgan fingerprint density at radius 2 is 2.00 bits per heavy atom. The van der Waals surface area contributed by atoms with Crippen LogP contribution in [0.5, 0.6) is 0 Å². The molecule has 0 radical (unpaired) electrons. The third kappa shape index (κ3) is 5.81. The number of carbonyl (C=O) groups excluding carboxylic acids is 2. The largest absolute Gasteiger partial charge is 0.408 e. The Hall–Kier alpha value is -1.41. The monoisotopic (exact) mass is 382 g/mol. The van der Waals surface area contributed by atoms with Crippen LogP contribution < -0.4 is 10.6 Å². The molecule has 1 heterocycles. The first-order valence-corrected chi connectivity index (χ1v) is 10.5. The second-order valence-corrected chi connectivity index (χ2v) is 7.94. The minimum atomic E-state index is -0.620. The predicted molar refractivity (Wildman–Crippen MR) is 101 cm³/mol. The van der Waals surface area contributed by atoms with Gasteiger partial charge in [0.1, 0.15) is 0 Å². The molecule has 1 fully saturated rings. The van der Waals surface area contributed by atoms with E-state index in [0.717, 1.165) is 44.4 Å². The van der Waals surface area contributed by atoms with Crippen LogP contribution in [0.1, 0.15) is 63.1 Å². The summed E-state index contributed by atoms with van der Waals surface area (Å²) in [4.78, 5) is 25.5. The van der Waals surface area contributed by atoms with E-state index in [9.17, 15) is 9.59 Å². The van der Waals surface area contributed by atoms with Gasteiger partial charge in [0.2, 0.25) is 11.7 Å². The van der Waals surface area contributed by atoms with Crippen LogP contribution in [0.2, 0.25) is 0 Å². The molecule has 1 aromatic rings. The van der Waals surface area contributed by atoms with Crippen molar-refractivity contribution in [1.82, 2.24) is 20.8 Å². The van der Waals surface area contributed by atoms with Gasteiger partial charge in [-0.05, 0) is 25.8 Å². The molecule has 1 saturated carbocycles. The van der Waals surface area contributed by atoms with Gasteiger partial charge in [0.25, 0.3) is 11.1 Å². The van der Waals surface area contributed by atoms with Crippen molar-refractivity contribution in [3.63, 3.8) is 0 Å². The van der Waals surface area contributed by atoms with Crippen molar-refractivity contribution in [1.29, 1.82) is 0 Å². The molecule has 0 bridgehead atoms. The van der Waals surface area contributed by atoms with Gasteiger partial charge < -0.3 is 15.1 Å². The molecule has 1 aliphatic carbocycles.